The third-order valence-electron chi connectivity index (χ3n) is 3.62. The summed E-state index contributed by atoms with van der Waals surface area (Å²) in [6.07, 6.45) is 3.33. The molecule has 3 heteroatoms. The highest BCUT2D eigenvalue weighted by Crippen LogP contribution is 2.12. The van der Waals surface area contributed by atoms with E-state index in [4.69, 9.17) is 0 Å². The number of fused-ring (bicyclic) bond motifs is 1. The number of pyridine rings is 1. The minimum Gasteiger partial charge on any atom is -0.312 e. The molecule has 1 atom stereocenters. The van der Waals surface area contributed by atoms with Crippen LogP contribution in [0.15, 0.2) is 41.2 Å². The predicted octanol–water partition coefficient (Wildman–Crippen LogP) is 3.17. The van der Waals surface area contributed by atoms with Gasteiger partial charge in [-0.05, 0) is 36.9 Å². The monoisotopic (exact) mass is 272 g/mol. The molecule has 108 valence electrons. The van der Waals surface area contributed by atoms with Crippen molar-refractivity contribution in [3.8, 4) is 0 Å². The van der Waals surface area contributed by atoms with Crippen molar-refractivity contribution in [3.05, 3.63) is 46.8 Å². The summed E-state index contributed by atoms with van der Waals surface area (Å²) in [5.74, 6) is 0. The van der Waals surface area contributed by atoms with Crippen molar-refractivity contribution in [3.63, 3.8) is 0 Å². The van der Waals surface area contributed by atoms with E-state index in [1.54, 1.807) is 6.07 Å². The lowest BCUT2D eigenvalue weighted by Gasteiger charge is -2.20. The molecule has 0 aliphatic heterocycles. The average molecular weight is 272 g/mol. The number of rotatable bonds is 7. The van der Waals surface area contributed by atoms with E-state index in [2.05, 4.69) is 25.2 Å². The maximum atomic E-state index is 12.2. The Morgan fingerprint density at radius 2 is 1.90 bits per heavy atom. The van der Waals surface area contributed by atoms with Crippen LogP contribution in [0.3, 0.4) is 0 Å². The summed E-state index contributed by atoms with van der Waals surface area (Å²) in [6.45, 7) is 6.10. The first-order chi connectivity index (χ1) is 9.76. The fourth-order valence-corrected chi connectivity index (χ4v) is 2.61. The van der Waals surface area contributed by atoms with Gasteiger partial charge in [0.25, 0.3) is 5.56 Å². The van der Waals surface area contributed by atoms with Gasteiger partial charge in [0.05, 0.1) is 5.52 Å². The number of hydrogen-bond acceptors (Lipinski definition) is 2. The molecule has 20 heavy (non-hydrogen) atoms. The zero-order valence-electron chi connectivity index (χ0n) is 12.4. The van der Waals surface area contributed by atoms with Gasteiger partial charge in [-0.25, -0.2) is 0 Å². The van der Waals surface area contributed by atoms with E-state index in [0.717, 1.165) is 43.3 Å². The molecule has 0 amide bonds. The molecule has 1 unspecified atom stereocenters. The number of para-hydroxylation sites is 1. The lowest BCUT2D eigenvalue weighted by atomic mass is 10.1. The van der Waals surface area contributed by atoms with Crippen molar-refractivity contribution in [2.75, 3.05) is 6.54 Å². The van der Waals surface area contributed by atoms with Crippen LogP contribution in [0.1, 0.15) is 33.1 Å². The molecule has 0 aliphatic carbocycles. The standard InChI is InChI=1S/C17H24N2O/c1-3-7-15(18-12-4-2)13-19-16-9-6-5-8-14(16)10-11-17(19)20/h5-6,8-11,15,18H,3-4,7,12-13H2,1-2H3. The van der Waals surface area contributed by atoms with Gasteiger partial charge in [-0.2, -0.15) is 0 Å². The molecule has 0 fully saturated rings. The van der Waals surface area contributed by atoms with Crippen molar-refractivity contribution >= 4 is 10.9 Å². The first kappa shape index (κ1) is 14.8. The normalized spacial score (nSPS) is 12.7. The van der Waals surface area contributed by atoms with E-state index in [9.17, 15) is 4.79 Å². The lowest BCUT2D eigenvalue weighted by molar-refractivity contribution is 0.421. The fourth-order valence-electron chi connectivity index (χ4n) is 2.61. The molecule has 0 saturated carbocycles. The summed E-state index contributed by atoms with van der Waals surface area (Å²) in [5.41, 5.74) is 1.11. The maximum absolute atomic E-state index is 12.2. The Bertz CT molecular complexity index is 603. The van der Waals surface area contributed by atoms with Gasteiger partial charge in [-0.15, -0.1) is 0 Å². The van der Waals surface area contributed by atoms with Crippen molar-refractivity contribution in [2.45, 2.75) is 45.7 Å². The fraction of sp³-hybridized carbons (Fsp3) is 0.471. The highest BCUT2D eigenvalue weighted by Gasteiger charge is 2.10. The maximum Gasteiger partial charge on any atom is 0.251 e. The number of aromatic nitrogens is 1. The number of benzene rings is 1. The van der Waals surface area contributed by atoms with Crippen LogP contribution in [-0.4, -0.2) is 17.2 Å². The third-order valence-corrected chi connectivity index (χ3v) is 3.62. The smallest absolute Gasteiger partial charge is 0.251 e. The van der Waals surface area contributed by atoms with Gasteiger partial charge in [-0.1, -0.05) is 38.5 Å². The highest BCUT2D eigenvalue weighted by atomic mass is 16.1. The van der Waals surface area contributed by atoms with E-state index in [0.29, 0.717) is 6.04 Å². The first-order valence-corrected chi connectivity index (χ1v) is 7.58. The molecule has 3 nitrogen and oxygen atoms in total. The second-order valence-electron chi connectivity index (χ2n) is 5.28. The summed E-state index contributed by atoms with van der Waals surface area (Å²) >= 11 is 0. The van der Waals surface area contributed by atoms with Crippen LogP contribution in [0, 0.1) is 0 Å². The zero-order chi connectivity index (χ0) is 14.4. The number of nitrogens with zero attached hydrogens (tertiary/aromatic N) is 1. The van der Waals surface area contributed by atoms with Crippen LogP contribution in [-0.2, 0) is 6.54 Å². The molecule has 0 aliphatic rings. The zero-order valence-corrected chi connectivity index (χ0v) is 12.4. The second kappa shape index (κ2) is 7.25. The molecule has 1 heterocycles. The molecule has 0 spiro atoms. The summed E-state index contributed by atoms with van der Waals surface area (Å²) in [4.78, 5) is 12.2. The predicted molar refractivity (Wildman–Crippen MR) is 85.2 cm³/mol. The van der Waals surface area contributed by atoms with E-state index >= 15 is 0 Å². The highest BCUT2D eigenvalue weighted by molar-refractivity contribution is 5.78. The van der Waals surface area contributed by atoms with Crippen LogP contribution >= 0.6 is 0 Å². The molecule has 1 aromatic carbocycles. The topological polar surface area (TPSA) is 34.0 Å². The molecular formula is C17H24N2O. The van der Waals surface area contributed by atoms with E-state index < -0.39 is 0 Å². The van der Waals surface area contributed by atoms with Gasteiger partial charge in [0.15, 0.2) is 0 Å². The molecular weight excluding hydrogens is 248 g/mol. The number of hydrogen-bond donors (Lipinski definition) is 1. The first-order valence-electron chi connectivity index (χ1n) is 7.58. The quantitative estimate of drug-likeness (QED) is 0.840. The van der Waals surface area contributed by atoms with Crippen LogP contribution in [0.2, 0.25) is 0 Å². The Hall–Kier alpha value is -1.61. The SMILES string of the molecule is CCCNC(CCC)Cn1c(=O)ccc2ccccc21. The van der Waals surface area contributed by atoms with E-state index in [1.165, 1.54) is 0 Å². The van der Waals surface area contributed by atoms with E-state index in [1.807, 2.05) is 28.8 Å². The van der Waals surface area contributed by atoms with Gasteiger partial charge >= 0.3 is 0 Å². The van der Waals surface area contributed by atoms with Gasteiger partial charge < -0.3 is 9.88 Å². The Morgan fingerprint density at radius 1 is 1.10 bits per heavy atom. The Morgan fingerprint density at radius 3 is 2.65 bits per heavy atom. The molecule has 0 saturated heterocycles. The second-order valence-corrected chi connectivity index (χ2v) is 5.28. The van der Waals surface area contributed by atoms with Crippen LogP contribution in [0.25, 0.3) is 10.9 Å². The van der Waals surface area contributed by atoms with Crippen molar-refractivity contribution in [1.29, 1.82) is 0 Å². The Balaban J connectivity index is 2.30. The van der Waals surface area contributed by atoms with E-state index in [-0.39, 0.29) is 5.56 Å². The van der Waals surface area contributed by atoms with Gasteiger partial charge in [0, 0.05) is 18.7 Å². The van der Waals surface area contributed by atoms with Gasteiger partial charge in [0.2, 0.25) is 0 Å². The third kappa shape index (κ3) is 3.48. The molecule has 0 bridgehead atoms. The molecule has 1 aromatic heterocycles. The minimum atomic E-state index is 0.0862. The van der Waals surface area contributed by atoms with Crippen LogP contribution < -0.4 is 10.9 Å². The van der Waals surface area contributed by atoms with Crippen LogP contribution in [0.4, 0.5) is 0 Å². The van der Waals surface area contributed by atoms with Crippen molar-refractivity contribution in [1.82, 2.24) is 9.88 Å². The lowest BCUT2D eigenvalue weighted by Crippen LogP contribution is -2.37. The summed E-state index contributed by atoms with van der Waals surface area (Å²) in [7, 11) is 0. The largest absolute Gasteiger partial charge is 0.312 e. The summed E-state index contributed by atoms with van der Waals surface area (Å²) in [6, 6.07) is 12.0. The average Bonchev–Trinajstić information content (AvgIpc) is 2.47. The Kier molecular flexibility index (Phi) is 5.36. The molecule has 0 radical (unpaired) electrons. The Labute approximate surface area is 120 Å². The van der Waals surface area contributed by atoms with Crippen LogP contribution in [0.5, 0.6) is 0 Å². The minimum absolute atomic E-state index is 0.0862. The van der Waals surface area contributed by atoms with Gasteiger partial charge in [0.1, 0.15) is 0 Å². The molecule has 2 aromatic rings. The molecule has 1 N–H and O–H groups in total. The summed E-state index contributed by atoms with van der Waals surface area (Å²) in [5, 5.41) is 4.67. The van der Waals surface area contributed by atoms with Crippen molar-refractivity contribution < 1.29 is 0 Å². The molecule has 2 rings (SSSR count). The number of nitrogens with one attached hydrogen (secondary N) is 1. The summed E-state index contributed by atoms with van der Waals surface area (Å²) < 4.78 is 1.90. The van der Waals surface area contributed by atoms with Crippen molar-refractivity contribution in [2.24, 2.45) is 0 Å². The van der Waals surface area contributed by atoms with Gasteiger partial charge in [-0.3, -0.25) is 4.79 Å².